The molecule has 0 aromatic heterocycles. The van der Waals surface area contributed by atoms with E-state index in [1.54, 1.807) is 0 Å². The second kappa shape index (κ2) is 10.2. The van der Waals surface area contributed by atoms with Crippen molar-refractivity contribution in [2.24, 2.45) is 5.41 Å². The summed E-state index contributed by atoms with van der Waals surface area (Å²) in [5.41, 5.74) is 2.13. The molecule has 0 unspecified atom stereocenters. The van der Waals surface area contributed by atoms with Gasteiger partial charge in [0.2, 0.25) is 0 Å². The van der Waals surface area contributed by atoms with Crippen molar-refractivity contribution in [3.8, 4) is 0 Å². The van der Waals surface area contributed by atoms with Crippen LogP contribution in [0.25, 0.3) is 0 Å². The topological polar surface area (TPSA) is 35.5 Å². The molecule has 2 aromatic carbocycles. The maximum atomic E-state index is 13.6. The Morgan fingerprint density at radius 2 is 1.49 bits per heavy atom. The molecular formula is C33H42O3Si. The van der Waals surface area contributed by atoms with Gasteiger partial charge in [-0.3, -0.25) is 4.79 Å². The number of benzene rings is 2. The van der Waals surface area contributed by atoms with Gasteiger partial charge in [0.25, 0.3) is 8.32 Å². The van der Waals surface area contributed by atoms with Gasteiger partial charge in [-0.25, -0.2) is 0 Å². The average molecular weight is 515 g/mol. The maximum Gasteiger partial charge on any atom is 0.261 e. The summed E-state index contributed by atoms with van der Waals surface area (Å²) in [6.45, 7) is 21.8. The van der Waals surface area contributed by atoms with Gasteiger partial charge in [-0.1, -0.05) is 100 Å². The zero-order valence-electron chi connectivity index (χ0n) is 23.4. The minimum Gasteiger partial charge on any atom is -0.491 e. The van der Waals surface area contributed by atoms with Crippen LogP contribution in [0.1, 0.15) is 67.2 Å². The molecule has 0 spiro atoms. The first-order valence-electron chi connectivity index (χ1n) is 13.5. The van der Waals surface area contributed by atoms with E-state index in [9.17, 15) is 4.79 Å². The number of fused-ring (bicyclic) bond motifs is 1. The second-order valence-electron chi connectivity index (χ2n) is 11.9. The summed E-state index contributed by atoms with van der Waals surface area (Å²) >= 11 is 0. The van der Waals surface area contributed by atoms with Crippen LogP contribution in [0, 0.1) is 5.41 Å². The number of carbonyl (C=O) groups is 1. The van der Waals surface area contributed by atoms with E-state index in [1.807, 2.05) is 13.8 Å². The molecule has 0 N–H and O–H groups in total. The lowest BCUT2D eigenvalue weighted by Crippen LogP contribution is -2.69. The van der Waals surface area contributed by atoms with Crippen LogP contribution in [-0.4, -0.2) is 26.3 Å². The predicted molar refractivity (Wildman–Crippen MR) is 156 cm³/mol. The third kappa shape index (κ3) is 4.70. The van der Waals surface area contributed by atoms with Crippen LogP contribution in [0.4, 0.5) is 0 Å². The lowest BCUT2D eigenvalue weighted by Gasteiger charge is -2.51. The standard InChI is InChI=1S/C33H42O3Si/c1-23-19-20-24(2)33(8)30(22-21-29(34)31(33)26(4)35-25(23)3)36-37(32(5,6)7,27-15-11-9-12-16-27)28-17-13-10-14-18-28/h9-18,25,30H,1-2,19-22H2,3-8H3/b31-26-/t25-,30-,33+/m1/s1. The normalized spacial score (nSPS) is 27.6. The van der Waals surface area contributed by atoms with Gasteiger partial charge in [0, 0.05) is 17.4 Å². The molecule has 37 heavy (non-hydrogen) atoms. The zero-order chi connectivity index (χ0) is 27.0. The van der Waals surface area contributed by atoms with Gasteiger partial charge in [0.1, 0.15) is 11.9 Å². The fourth-order valence-corrected chi connectivity index (χ4v) is 11.2. The van der Waals surface area contributed by atoms with Crippen LogP contribution >= 0.6 is 0 Å². The summed E-state index contributed by atoms with van der Waals surface area (Å²) in [6, 6.07) is 21.4. The van der Waals surface area contributed by atoms with Gasteiger partial charge in [-0.15, -0.1) is 0 Å². The van der Waals surface area contributed by atoms with Crippen LogP contribution < -0.4 is 10.4 Å². The van der Waals surface area contributed by atoms with Gasteiger partial charge in [0.05, 0.1) is 6.10 Å². The van der Waals surface area contributed by atoms with Crippen molar-refractivity contribution in [2.75, 3.05) is 0 Å². The van der Waals surface area contributed by atoms with Gasteiger partial charge < -0.3 is 9.16 Å². The molecule has 0 amide bonds. The van der Waals surface area contributed by atoms with E-state index in [0.717, 1.165) is 29.6 Å². The highest BCUT2D eigenvalue weighted by Crippen LogP contribution is 2.52. The van der Waals surface area contributed by atoms with E-state index >= 15 is 0 Å². The number of rotatable bonds is 4. The van der Waals surface area contributed by atoms with Crippen molar-refractivity contribution >= 4 is 24.5 Å². The molecule has 3 nitrogen and oxygen atoms in total. The molecule has 3 atom stereocenters. The molecule has 1 aliphatic carbocycles. The van der Waals surface area contributed by atoms with E-state index in [4.69, 9.17) is 9.16 Å². The van der Waals surface area contributed by atoms with Crippen LogP contribution in [0.15, 0.2) is 96.3 Å². The summed E-state index contributed by atoms with van der Waals surface area (Å²) in [4.78, 5) is 13.6. The number of carbonyl (C=O) groups excluding carboxylic acids is 1. The smallest absolute Gasteiger partial charge is 0.261 e. The van der Waals surface area contributed by atoms with Gasteiger partial charge in [-0.2, -0.15) is 0 Å². The fraction of sp³-hybridized carbons (Fsp3) is 0.424. The molecule has 4 rings (SSSR count). The van der Waals surface area contributed by atoms with Gasteiger partial charge in [-0.05, 0) is 61.0 Å². The quantitative estimate of drug-likeness (QED) is 0.329. The zero-order valence-corrected chi connectivity index (χ0v) is 24.4. The first kappa shape index (κ1) is 27.3. The number of hydrogen-bond acceptors (Lipinski definition) is 3. The Labute approximate surface area is 224 Å². The molecule has 196 valence electrons. The minimum atomic E-state index is -2.84. The summed E-state index contributed by atoms with van der Waals surface area (Å²) in [5, 5.41) is 2.32. The molecule has 2 aliphatic rings. The van der Waals surface area contributed by atoms with E-state index in [0.29, 0.717) is 18.6 Å². The SMILES string of the molecule is C=C1CCC(=C)[C@]2(C)/C(=C(/C)O[C@@H]1C)C(=O)CC[C@H]2O[Si](c1ccccc1)(c1ccccc1)C(C)(C)C. The Morgan fingerprint density at radius 3 is 2.00 bits per heavy atom. The van der Waals surface area contributed by atoms with E-state index in [1.165, 1.54) is 10.4 Å². The largest absolute Gasteiger partial charge is 0.491 e. The third-order valence-corrected chi connectivity index (χ3v) is 13.6. The van der Waals surface area contributed by atoms with E-state index < -0.39 is 13.7 Å². The molecule has 1 aliphatic heterocycles. The molecule has 1 fully saturated rings. The lowest BCUT2D eigenvalue weighted by molar-refractivity contribution is -0.120. The highest BCUT2D eigenvalue weighted by molar-refractivity contribution is 6.99. The van der Waals surface area contributed by atoms with Crippen LogP contribution in [0.5, 0.6) is 0 Å². The number of Topliss-reactive ketones (excluding diaryl/α,β-unsaturated/α-hetero) is 1. The minimum absolute atomic E-state index is 0.142. The molecule has 4 heteroatoms. The van der Waals surface area contributed by atoms with Crippen molar-refractivity contribution in [2.45, 2.75) is 84.5 Å². The Hall–Kier alpha value is -2.69. The van der Waals surface area contributed by atoms with Crippen LogP contribution in [-0.2, 0) is 14.0 Å². The molecule has 0 bridgehead atoms. The summed E-state index contributed by atoms with van der Waals surface area (Å²) in [5.74, 6) is 0.822. The Bertz CT molecular complexity index is 1170. The van der Waals surface area contributed by atoms with E-state index in [-0.39, 0.29) is 23.0 Å². The lowest BCUT2D eigenvalue weighted by atomic mass is 9.63. The molecular weight excluding hydrogens is 472 g/mol. The van der Waals surface area contributed by atoms with Crippen LogP contribution in [0.2, 0.25) is 5.04 Å². The second-order valence-corrected chi connectivity index (χ2v) is 16.1. The number of ether oxygens (including phenoxy) is 1. The average Bonchev–Trinajstić information content (AvgIpc) is 2.89. The molecule has 0 radical (unpaired) electrons. The first-order valence-corrected chi connectivity index (χ1v) is 15.4. The van der Waals surface area contributed by atoms with Gasteiger partial charge in [0.15, 0.2) is 5.78 Å². The van der Waals surface area contributed by atoms with Crippen molar-refractivity contribution in [3.05, 3.63) is 96.3 Å². The predicted octanol–water partition coefficient (Wildman–Crippen LogP) is 6.89. The van der Waals surface area contributed by atoms with Crippen molar-refractivity contribution in [1.29, 1.82) is 0 Å². The number of hydrogen-bond donors (Lipinski definition) is 0. The van der Waals surface area contributed by atoms with Crippen molar-refractivity contribution in [3.63, 3.8) is 0 Å². The fourth-order valence-electron chi connectivity index (χ4n) is 6.36. The molecule has 2 aromatic rings. The Balaban J connectivity index is 1.95. The van der Waals surface area contributed by atoms with Crippen molar-refractivity contribution in [1.82, 2.24) is 0 Å². The molecule has 0 saturated heterocycles. The number of ketones is 1. The molecule has 1 heterocycles. The first-order chi connectivity index (χ1) is 17.4. The highest BCUT2D eigenvalue weighted by Gasteiger charge is 2.56. The molecule has 1 saturated carbocycles. The van der Waals surface area contributed by atoms with Gasteiger partial charge >= 0.3 is 0 Å². The van der Waals surface area contributed by atoms with E-state index in [2.05, 4.69) is 102 Å². The van der Waals surface area contributed by atoms with Crippen LogP contribution in [0.3, 0.4) is 0 Å². The third-order valence-electron chi connectivity index (χ3n) is 8.57. The monoisotopic (exact) mass is 514 g/mol. The highest BCUT2D eigenvalue weighted by atomic mass is 28.4. The Morgan fingerprint density at radius 1 is 0.946 bits per heavy atom. The number of allylic oxidation sites excluding steroid dienone is 1. The summed E-state index contributed by atoms with van der Waals surface area (Å²) in [7, 11) is -2.84. The maximum absolute atomic E-state index is 13.6. The van der Waals surface area contributed by atoms with Crippen molar-refractivity contribution < 1.29 is 14.0 Å². The Kier molecular flexibility index (Phi) is 7.56. The summed E-state index contributed by atoms with van der Waals surface area (Å²) < 4.78 is 14.0. The summed E-state index contributed by atoms with van der Waals surface area (Å²) in [6.07, 6.45) is 2.29.